The average molecular weight is 435 g/mol. The van der Waals surface area contributed by atoms with E-state index < -0.39 is 5.82 Å². The lowest BCUT2D eigenvalue weighted by Gasteiger charge is -2.25. The smallest absolute Gasteiger partial charge is 0.243 e. The number of halogens is 2. The standard InChI is InChI=1S/C25H20ClFN2O2/c26-20-8-5-9-21(27)19(20)14-28(16-12-13-16)24(30)15-29-22-10-3-1-6-17(22)25(31)18-7-2-4-11-23(18)29/h1-11,16H,12-15H2. The van der Waals surface area contributed by atoms with Crippen molar-refractivity contribution in [3.8, 4) is 0 Å². The molecule has 1 aliphatic carbocycles. The van der Waals surface area contributed by atoms with Crippen LogP contribution >= 0.6 is 11.6 Å². The fourth-order valence-electron chi connectivity index (χ4n) is 4.13. The molecule has 0 radical (unpaired) electrons. The van der Waals surface area contributed by atoms with E-state index in [1.165, 1.54) is 6.07 Å². The van der Waals surface area contributed by atoms with Gasteiger partial charge in [-0.15, -0.1) is 0 Å². The summed E-state index contributed by atoms with van der Waals surface area (Å²) in [5, 5.41) is 1.46. The summed E-state index contributed by atoms with van der Waals surface area (Å²) in [5.74, 6) is -0.536. The number of rotatable bonds is 5. The molecular weight excluding hydrogens is 415 g/mol. The highest BCUT2D eigenvalue weighted by atomic mass is 35.5. The van der Waals surface area contributed by atoms with E-state index in [1.807, 2.05) is 41.0 Å². The molecule has 0 N–H and O–H groups in total. The van der Waals surface area contributed by atoms with Crippen molar-refractivity contribution in [2.24, 2.45) is 0 Å². The third kappa shape index (κ3) is 3.59. The van der Waals surface area contributed by atoms with Crippen LogP contribution in [0.2, 0.25) is 5.02 Å². The molecule has 0 atom stereocenters. The molecule has 4 nitrogen and oxygen atoms in total. The van der Waals surface area contributed by atoms with Crippen LogP contribution in [0.4, 0.5) is 4.39 Å². The number of fused-ring (bicyclic) bond motifs is 2. The summed E-state index contributed by atoms with van der Waals surface area (Å²) >= 11 is 6.22. The van der Waals surface area contributed by atoms with Crippen LogP contribution in [-0.2, 0) is 17.9 Å². The number of hydrogen-bond acceptors (Lipinski definition) is 2. The van der Waals surface area contributed by atoms with E-state index in [9.17, 15) is 14.0 Å². The van der Waals surface area contributed by atoms with Gasteiger partial charge in [-0.25, -0.2) is 4.39 Å². The zero-order valence-corrected chi connectivity index (χ0v) is 17.5. The third-order valence-electron chi connectivity index (χ3n) is 5.87. The van der Waals surface area contributed by atoms with Crippen LogP contribution in [0.3, 0.4) is 0 Å². The first-order chi connectivity index (χ1) is 15.0. The van der Waals surface area contributed by atoms with Crippen molar-refractivity contribution in [1.29, 1.82) is 0 Å². The maximum atomic E-state index is 14.4. The Labute approximate surface area is 183 Å². The van der Waals surface area contributed by atoms with Gasteiger partial charge in [0.05, 0.1) is 17.6 Å². The SMILES string of the molecule is O=C(Cn1c2ccccc2c(=O)c2ccccc21)N(Cc1c(F)cccc1Cl)C1CC1. The number of carbonyl (C=O) groups is 1. The van der Waals surface area contributed by atoms with Gasteiger partial charge in [0.15, 0.2) is 5.43 Å². The van der Waals surface area contributed by atoms with E-state index in [4.69, 9.17) is 11.6 Å². The predicted octanol–water partition coefficient (Wildman–Crippen LogP) is 5.14. The minimum absolute atomic E-state index is 0.0490. The second-order valence-electron chi connectivity index (χ2n) is 7.90. The van der Waals surface area contributed by atoms with Gasteiger partial charge in [-0.2, -0.15) is 0 Å². The highest BCUT2D eigenvalue weighted by molar-refractivity contribution is 6.31. The molecular formula is C25H20ClFN2O2. The van der Waals surface area contributed by atoms with E-state index >= 15 is 0 Å². The molecule has 1 aromatic heterocycles. The van der Waals surface area contributed by atoms with Gasteiger partial charge in [-0.05, 0) is 49.2 Å². The Morgan fingerprint density at radius 3 is 2.16 bits per heavy atom. The van der Waals surface area contributed by atoms with Crippen molar-refractivity contribution in [3.05, 3.63) is 93.4 Å². The first-order valence-corrected chi connectivity index (χ1v) is 10.6. The maximum Gasteiger partial charge on any atom is 0.243 e. The Bertz CT molecular complexity index is 1300. The first-order valence-electron chi connectivity index (χ1n) is 10.3. The number of hydrogen-bond donors (Lipinski definition) is 0. The van der Waals surface area contributed by atoms with E-state index in [1.54, 1.807) is 29.2 Å². The van der Waals surface area contributed by atoms with Crippen LogP contribution < -0.4 is 5.43 Å². The molecule has 31 heavy (non-hydrogen) atoms. The lowest BCUT2D eigenvalue weighted by Crippen LogP contribution is -2.36. The fraction of sp³-hybridized carbons (Fsp3) is 0.200. The predicted molar refractivity (Wildman–Crippen MR) is 121 cm³/mol. The van der Waals surface area contributed by atoms with Crippen molar-refractivity contribution < 1.29 is 9.18 Å². The maximum absolute atomic E-state index is 14.4. The van der Waals surface area contributed by atoms with Crippen molar-refractivity contribution in [2.45, 2.75) is 32.0 Å². The molecule has 1 fully saturated rings. The number of carbonyl (C=O) groups excluding carboxylic acids is 1. The molecule has 1 saturated carbocycles. The lowest BCUT2D eigenvalue weighted by atomic mass is 10.1. The fourth-order valence-corrected chi connectivity index (χ4v) is 4.36. The third-order valence-corrected chi connectivity index (χ3v) is 6.22. The molecule has 0 saturated heterocycles. The second kappa shape index (κ2) is 7.82. The van der Waals surface area contributed by atoms with Gasteiger partial charge in [0.2, 0.25) is 5.91 Å². The number of pyridine rings is 1. The number of nitrogens with zero attached hydrogens (tertiary/aromatic N) is 2. The summed E-state index contributed by atoms with van der Waals surface area (Å²) in [6.07, 6.45) is 1.78. The van der Waals surface area contributed by atoms with E-state index in [2.05, 4.69) is 0 Å². The molecule has 1 aliphatic rings. The van der Waals surface area contributed by atoms with Gasteiger partial charge in [0.25, 0.3) is 0 Å². The van der Waals surface area contributed by atoms with Crippen LogP contribution in [0.5, 0.6) is 0 Å². The van der Waals surface area contributed by atoms with Crippen LogP contribution in [0.1, 0.15) is 18.4 Å². The summed E-state index contributed by atoms with van der Waals surface area (Å²) in [5.41, 5.74) is 1.70. The molecule has 1 amide bonds. The van der Waals surface area contributed by atoms with Crippen molar-refractivity contribution in [1.82, 2.24) is 9.47 Å². The Morgan fingerprint density at radius 1 is 0.968 bits per heavy atom. The molecule has 156 valence electrons. The number of aromatic nitrogens is 1. The van der Waals surface area contributed by atoms with Crippen molar-refractivity contribution >= 4 is 39.3 Å². The van der Waals surface area contributed by atoms with E-state index in [-0.39, 0.29) is 30.5 Å². The monoisotopic (exact) mass is 434 g/mol. The van der Waals surface area contributed by atoms with Gasteiger partial charge < -0.3 is 9.47 Å². The summed E-state index contributed by atoms with van der Waals surface area (Å²) in [6, 6.07) is 19.3. The highest BCUT2D eigenvalue weighted by Crippen LogP contribution is 2.31. The molecule has 6 heteroatoms. The Kier molecular flexibility index (Phi) is 4.98. The second-order valence-corrected chi connectivity index (χ2v) is 8.31. The van der Waals surface area contributed by atoms with E-state index in [0.717, 1.165) is 12.8 Å². The number of benzene rings is 3. The quantitative estimate of drug-likeness (QED) is 0.408. The van der Waals surface area contributed by atoms with Gasteiger partial charge in [-0.1, -0.05) is 41.9 Å². The van der Waals surface area contributed by atoms with Crippen molar-refractivity contribution in [2.75, 3.05) is 0 Å². The molecule has 4 aromatic rings. The summed E-state index contributed by atoms with van der Waals surface area (Å²) in [7, 11) is 0. The molecule has 5 rings (SSSR count). The zero-order chi connectivity index (χ0) is 21.5. The van der Waals surface area contributed by atoms with Gasteiger partial charge in [-0.3, -0.25) is 9.59 Å². The Hall–Kier alpha value is -3.18. The largest absolute Gasteiger partial charge is 0.334 e. The van der Waals surface area contributed by atoms with Crippen molar-refractivity contribution in [3.63, 3.8) is 0 Å². The summed E-state index contributed by atoms with van der Waals surface area (Å²) < 4.78 is 16.3. The van der Waals surface area contributed by atoms with Crippen LogP contribution in [0.15, 0.2) is 71.5 Å². The minimum atomic E-state index is -0.412. The van der Waals surface area contributed by atoms with E-state index in [0.29, 0.717) is 32.4 Å². The van der Waals surface area contributed by atoms with Crippen LogP contribution in [0.25, 0.3) is 21.8 Å². The van der Waals surface area contributed by atoms with Crippen LogP contribution in [0, 0.1) is 5.82 Å². The lowest BCUT2D eigenvalue weighted by molar-refractivity contribution is -0.132. The highest BCUT2D eigenvalue weighted by Gasteiger charge is 2.33. The molecule has 1 heterocycles. The topological polar surface area (TPSA) is 42.3 Å². The Morgan fingerprint density at radius 2 is 1.58 bits per heavy atom. The zero-order valence-electron chi connectivity index (χ0n) is 16.7. The number of para-hydroxylation sites is 2. The molecule has 0 bridgehead atoms. The summed E-state index contributed by atoms with van der Waals surface area (Å²) in [6.45, 7) is 0.189. The normalized spacial score (nSPS) is 13.6. The number of amides is 1. The summed E-state index contributed by atoms with van der Waals surface area (Å²) in [4.78, 5) is 28.1. The minimum Gasteiger partial charge on any atom is -0.334 e. The molecule has 0 spiro atoms. The van der Waals surface area contributed by atoms with Gasteiger partial charge in [0, 0.05) is 27.4 Å². The average Bonchev–Trinajstić information content (AvgIpc) is 3.61. The van der Waals surface area contributed by atoms with Gasteiger partial charge in [0.1, 0.15) is 12.4 Å². The molecule has 3 aromatic carbocycles. The van der Waals surface area contributed by atoms with Gasteiger partial charge >= 0.3 is 0 Å². The van der Waals surface area contributed by atoms with Crippen LogP contribution in [-0.4, -0.2) is 21.4 Å². The first kappa shape index (κ1) is 19.8. The molecule has 0 unspecified atom stereocenters. The Balaban J connectivity index is 1.57. The molecule has 0 aliphatic heterocycles.